The van der Waals surface area contributed by atoms with Crippen LogP contribution in [-0.4, -0.2) is 199 Å². The van der Waals surface area contributed by atoms with Gasteiger partial charge in [-0.1, -0.05) is 39.0 Å². The third kappa shape index (κ3) is 14.5. The van der Waals surface area contributed by atoms with Crippen molar-refractivity contribution in [3.63, 3.8) is 0 Å². The van der Waals surface area contributed by atoms with Crippen LogP contribution < -0.4 is 0 Å². The third-order valence-electron chi connectivity index (χ3n) is 10.4. The molecular weight excluding hydrogens is 897 g/mol. The van der Waals surface area contributed by atoms with E-state index in [1.807, 2.05) is 0 Å². The molecule has 0 amide bonds. The summed E-state index contributed by atoms with van der Waals surface area (Å²) in [5.41, 5.74) is 0. The van der Waals surface area contributed by atoms with Crippen molar-refractivity contribution in [2.45, 2.75) is 196 Å². The highest BCUT2D eigenvalue weighted by atomic mass is 32.3. The minimum Gasteiger partial charge on any atom is -0.387 e. The zero-order chi connectivity index (χ0) is 45.8. The molecule has 0 aromatic heterocycles. The quantitative estimate of drug-likeness (QED) is 0.0440. The summed E-state index contributed by atoms with van der Waals surface area (Å²) in [4.78, 5) is 0. The molecule has 29 heteroatoms. The molecule has 0 unspecified atom stereocenters. The SMILES string of the molecule is CCCCCCCCO[C@H]1O[C@@H](C)[C@@H](O[C@@H]2O[C@@H](C)[C@@H](OS(=O)(=O)O)[C@@H](O[C@@H]3O[C@@H](C)[C@@H](O[C@@H]4O[C@@H](C)[C@@H](OS(=O)(=O)O)[C@@H](OS(=O)(=O)O)[C@@H]4O)[C@@H](O)[C@@H]3O)[C@@H]2O)[C@@H](O)[C@@H]1O. The van der Waals surface area contributed by atoms with Gasteiger partial charge in [-0.2, -0.15) is 25.3 Å². The molecule has 9 N–H and O–H groups in total. The summed E-state index contributed by atoms with van der Waals surface area (Å²) in [6, 6.07) is 0. The van der Waals surface area contributed by atoms with Gasteiger partial charge in [-0.25, -0.2) is 12.5 Å². The van der Waals surface area contributed by atoms with Gasteiger partial charge in [-0.05, 0) is 34.1 Å². The molecule has 20 atom stereocenters. The summed E-state index contributed by atoms with van der Waals surface area (Å²) in [5, 5.41) is 66.5. The molecule has 4 aliphatic rings. The number of hydrogen-bond donors (Lipinski definition) is 9. The topological polar surface area (TPSA) is 386 Å². The van der Waals surface area contributed by atoms with E-state index in [9.17, 15) is 65.0 Å². The van der Waals surface area contributed by atoms with Crippen molar-refractivity contribution in [3.05, 3.63) is 0 Å². The first-order valence-corrected chi connectivity index (χ1v) is 23.6. The molecule has 0 aliphatic carbocycles. The molecule has 26 nitrogen and oxygen atoms in total. The van der Waals surface area contributed by atoms with Crippen molar-refractivity contribution in [3.8, 4) is 0 Å². The molecule has 0 aromatic carbocycles. The van der Waals surface area contributed by atoms with E-state index < -0.39 is 154 Å². The molecule has 4 heterocycles. The second kappa shape index (κ2) is 22.0. The van der Waals surface area contributed by atoms with Gasteiger partial charge < -0.3 is 68.5 Å². The lowest BCUT2D eigenvalue weighted by atomic mass is 9.96. The maximum Gasteiger partial charge on any atom is 0.397 e. The minimum absolute atomic E-state index is 0.238. The monoisotopic (exact) mass is 954 g/mol. The van der Waals surface area contributed by atoms with Gasteiger partial charge in [0.1, 0.15) is 73.2 Å². The van der Waals surface area contributed by atoms with Gasteiger partial charge in [0.05, 0.1) is 24.4 Å². The Morgan fingerprint density at radius 1 is 0.410 bits per heavy atom. The largest absolute Gasteiger partial charge is 0.397 e. The van der Waals surface area contributed by atoms with Gasteiger partial charge in [-0.15, -0.1) is 0 Å². The van der Waals surface area contributed by atoms with E-state index in [1.54, 1.807) is 0 Å². The highest BCUT2D eigenvalue weighted by Gasteiger charge is 2.56. The highest BCUT2D eigenvalue weighted by molar-refractivity contribution is 7.81. The van der Waals surface area contributed by atoms with Crippen molar-refractivity contribution in [1.29, 1.82) is 0 Å². The van der Waals surface area contributed by atoms with Crippen molar-refractivity contribution < 1.29 is 120 Å². The van der Waals surface area contributed by atoms with Gasteiger partial charge in [0.25, 0.3) is 0 Å². The molecule has 0 saturated carbocycles. The Labute approximate surface area is 353 Å². The molecule has 360 valence electrons. The lowest BCUT2D eigenvalue weighted by Crippen LogP contribution is -2.66. The molecule has 0 spiro atoms. The number of unbranched alkanes of at least 4 members (excludes halogenated alkanes) is 5. The maximum absolute atomic E-state index is 11.9. The van der Waals surface area contributed by atoms with Gasteiger partial charge in [-0.3, -0.25) is 13.7 Å². The Balaban J connectivity index is 1.46. The summed E-state index contributed by atoms with van der Waals surface area (Å²) < 4.78 is 157. The second-order valence-electron chi connectivity index (χ2n) is 15.2. The van der Waals surface area contributed by atoms with Crippen LogP contribution in [0.25, 0.3) is 0 Å². The fourth-order valence-electron chi connectivity index (χ4n) is 7.34. The van der Waals surface area contributed by atoms with E-state index in [2.05, 4.69) is 15.3 Å². The van der Waals surface area contributed by atoms with Crippen molar-refractivity contribution in [1.82, 2.24) is 0 Å². The van der Waals surface area contributed by atoms with Crippen LogP contribution in [0.2, 0.25) is 0 Å². The van der Waals surface area contributed by atoms with Crippen molar-refractivity contribution in [2.24, 2.45) is 0 Å². The number of hydrogen-bond acceptors (Lipinski definition) is 23. The molecule has 4 fully saturated rings. The average molecular weight is 955 g/mol. The smallest absolute Gasteiger partial charge is 0.387 e. The highest BCUT2D eigenvalue weighted by Crippen LogP contribution is 2.36. The van der Waals surface area contributed by atoms with Crippen molar-refractivity contribution >= 4 is 31.2 Å². The standard InChI is InChI=1S/C32H58O26S3/c1-6-7-8-9-10-11-12-48-29-19(35)17(33)23(13(2)49-29)53-31-21(37)27(25(15(4)51-31)56-59(39,40)41)55-30-20(36)18(34)24(14(3)50-30)54-32-22(38)28(58-61(45,46)47)26(16(5)52-32)57-60(42,43)44/h13-38H,6-12H2,1-5H3,(H,39,40,41)(H,42,43,44)(H,45,46,47)/t13-,14-,15-,16-,17-,18-,19-,20-,21-,22-,23+,24+,25+,26+,27-,28-,29-,30-,31-,32-/m0/s1. The van der Waals surface area contributed by atoms with Crippen LogP contribution in [0, 0.1) is 0 Å². The van der Waals surface area contributed by atoms with E-state index in [1.165, 1.54) is 20.8 Å². The first kappa shape index (κ1) is 52.7. The maximum atomic E-state index is 11.9. The summed E-state index contributed by atoms with van der Waals surface area (Å²) >= 11 is 0. The first-order valence-electron chi connectivity index (χ1n) is 19.5. The van der Waals surface area contributed by atoms with E-state index in [0.29, 0.717) is 6.42 Å². The van der Waals surface area contributed by atoms with E-state index in [4.69, 9.17) is 46.6 Å². The van der Waals surface area contributed by atoms with Crippen LogP contribution in [0.15, 0.2) is 0 Å². The summed E-state index contributed by atoms with van der Waals surface area (Å²) in [7, 11) is -16.0. The molecular formula is C32H58O26S3. The van der Waals surface area contributed by atoms with Crippen LogP contribution in [-0.2, 0) is 81.6 Å². The Morgan fingerprint density at radius 2 is 0.738 bits per heavy atom. The van der Waals surface area contributed by atoms with Gasteiger partial charge in [0.2, 0.25) is 0 Å². The van der Waals surface area contributed by atoms with E-state index in [-0.39, 0.29) is 6.61 Å². The average Bonchev–Trinajstić information content (AvgIpc) is 3.14. The molecule has 4 saturated heterocycles. The lowest BCUT2D eigenvalue weighted by molar-refractivity contribution is -0.381. The van der Waals surface area contributed by atoms with Gasteiger partial charge in [0, 0.05) is 6.61 Å². The van der Waals surface area contributed by atoms with Crippen LogP contribution in [0.3, 0.4) is 0 Å². The Kier molecular flexibility index (Phi) is 19.0. The zero-order valence-electron chi connectivity index (χ0n) is 33.7. The summed E-state index contributed by atoms with van der Waals surface area (Å²) in [6.07, 6.45) is -30.0. The molecule has 0 bridgehead atoms. The lowest BCUT2D eigenvalue weighted by Gasteiger charge is -2.49. The van der Waals surface area contributed by atoms with E-state index in [0.717, 1.165) is 39.0 Å². The molecule has 0 aromatic rings. The fraction of sp³-hybridized carbons (Fsp3) is 1.00. The Morgan fingerprint density at radius 3 is 1.20 bits per heavy atom. The molecule has 4 rings (SSSR count). The van der Waals surface area contributed by atoms with Crippen molar-refractivity contribution in [2.75, 3.05) is 6.61 Å². The second-order valence-corrected chi connectivity index (χ2v) is 18.3. The predicted molar refractivity (Wildman–Crippen MR) is 197 cm³/mol. The number of aliphatic hydroxyl groups excluding tert-OH is 6. The van der Waals surface area contributed by atoms with Gasteiger partial charge >= 0.3 is 31.2 Å². The number of aliphatic hydroxyl groups is 6. The number of ether oxygens (including phenoxy) is 8. The van der Waals surface area contributed by atoms with Crippen LogP contribution >= 0.6 is 0 Å². The summed E-state index contributed by atoms with van der Waals surface area (Å²) in [5.74, 6) is 0. The summed E-state index contributed by atoms with van der Waals surface area (Å²) in [6.45, 7) is 7.36. The van der Waals surface area contributed by atoms with Crippen LogP contribution in [0.4, 0.5) is 0 Å². The third-order valence-corrected chi connectivity index (χ3v) is 11.8. The molecule has 61 heavy (non-hydrogen) atoms. The van der Waals surface area contributed by atoms with Crippen LogP contribution in [0.5, 0.6) is 0 Å². The Hall–Kier alpha value is -0.950. The predicted octanol–water partition coefficient (Wildman–Crippen LogP) is -2.77. The zero-order valence-corrected chi connectivity index (χ0v) is 36.1. The minimum atomic E-state index is -5.43. The Bertz CT molecular complexity index is 1700. The number of rotatable bonds is 20. The normalized spacial score (nSPS) is 43.0. The fourth-order valence-corrected chi connectivity index (χ4v) is 8.94. The van der Waals surface area contributed by atoms with Gasteiger partial charge in [0.15, 0.2) is 25.2 Å². The van der Waals surface area contributed by atoms with E-state index >= 15 is 0 Å². The first-order chi connectivity index (χ1) is 28.2. The molecule has 4 aliphatic heterocycles. The van der Waals surface area contributed by atoms with Crippen LogP contribution in [0.1, 0.15) is 73.1 Å². The molecule has 0 radical (unpaired) electrons.